The lowest BCUT2D eigenvalue weighted by Crippen LogP contribution is -2.32. The van der Waals surface area contributed by atoms with E-state index in [1.54, 1.807) is 14.2 Å². The van der Waals surface area contributed by atoms with Crippen LogP contribution in [0, 0.1) is 0 Å². The van der Waals surface area contributed by atoms with E-state index in [1.165, 1.54) is 0 Å². The summed E-state index contributed by atoms with van der Waals surface area (Å²) in [5.41, 5.74) is 6.84. The standard InChI is InChI=1S/C12H19NO3/c1-14-7-10-4-3-5-12(6-10)16-9-11(13)8-15-2/h3-6,11H,7-9,13H2,1-2H3. The first kappa shape index (κ1) is 13.0. The Morgan fingerprint density at radius 3 is 2.69 bits per heavy atom. The first-order chi connectivity index (χ1) is 7.76. The van der Waals surface area contributed by atoms with E-state index in [2.05, 4.69) is 0 Å². The highest BCUT2D eigenvalue weighted by molar-refractivity contribution is 5.28. The lowest BCUT2D eigenvalue weighted by atomic mass is 10.2. The van der Waals surface area contributed by atoms with Gasteiger partial charge < -0.3 is 19.9 Å². The number of benzene rings is 1. The molecule has 4 nitrogen and oxygen atoms in total. The molecule has 0 amide bonds. The van der Waals surface area contributed by atoms with Gasteiger partial charge in [0, 0.05) is 14.2 Å². The quantitative estimate of drug-likeness (QED) is 0.757. The van der Waals surface area contributed by atoms with E-state index in [0.717, 1.165) is 11.3 Å². The molecule has 0 fully saturated rings. The van der Waals surface area contributed by atoms with Gasteiger partial charge in [0.15, 0.2) is 0 Å². The number of hydrogen-bond acceptors (Lipinski definition) is 4. The first-order valence-corrected chi connectivity index (χ1v) is 5.21. The molecular formula is C12H19NO3. The molecule has 0 saturated heterocycles. The molecule has 1 rings (SSSR count). The molecule has 0 aliphatic heterocycles. The zero-order valence-corrected chi connectivity index (χ0v) is 9.81. The number of rotatable bonds is 7. The van der Waals surface area contributed by atoms with Crippen LogP contribution < -0.4 is 10.5 Å². The zero-order chi connectivity index (χ0) is 11.8. The predicted octanol–water partition coefficient (Wildman–Crippen LogP) is 1.19. The van der Waals surface area contributed by atoms with E-state index in [9.17, 15) is 0 Å². The molecule has 4 heteroatoms. The number of ether oxygens (including phenoxy) is 3. The second-order valence-electron chi connectivity index (χ2n) is 3.61. The van der Waals surface area contributed by atoms with Crippen molar-refractivity contribution in [3.63, 3.8) is 0 Å². The van der Waals surface area contributed by atoms with Crippen LogP contribution in [0.2, 0.25) is 0 Å². The molecule has 0 aliphatic carbocycles. The Balaban J connectivity index is 2.44. The number of nitrogens with two attached hydrogens (primary N) is 1. The summed E-state index contributed by atoms with van der Waals surface area (Å²) in [5, 5.41) is 0. The topological polar surface area (TPSA) is 53.7 Å². The van der Waals surface area contributed by atoms with Crippen molar-refractivity contribution in [2.24, 2.45) is 5.73 Å². The van der Waals surface area contributed by atoms with E-state index in [1.807, 2.05) is 24.3 Å². The highest BCUT2D eigenvalue weighted by Gasteiger charge is 2.03. The summed E-state index contributed by atoms with van der Waals surface area (Å²) in [7, 11) is 3.29. The summed E-state index contributed by atoms with van der Waals surface area (Å²) in [6, 6.07) is 7.68. The van der Waals surface area contributed by atoms with Crippen LogP contribution in [0.4, 0.5) is 0 Å². The molecule has 0 saturated carbocycles. The van der Waals surface area contributed by atoms with Gasteiger partial charge in [-0.1, -0.05) is 12.1 Å². The smallest absolute Gasteiger partial charge is 0.119 e. The lowest BCUT2D eigenvalue weighted by Gasteiger charge is -2.12. The molecule has 0 heterocycles. The second kappa shape index (κ2) is 7.22. The summed E-state index contributed by atoms with van der Waals surface area (Å²) in [6.07, 6.45) is 0. The van der Waals surface area contributed by atoms with Crippen molar-refractivity contribution >= 4 is 0 Å². The fraction of sp³-hybridized carbons (Fsp3) is 0.500. The number of hydrogen-bond donors (Lipinski definition) is 1. The minimum atomic E-state index is -0.101. The van der Waals surface area contributed by atoms with Gasteiger partial charge in [-0.25, -0.2) is 0 Å². The van der Waals surface area contributed by atoms with E-state index < -0.39 is 0 Å². The Morgan fingerprint density at radius 1 is 1.19 bits per heavy atom. The fourth-order valence-corrected chi connectivity index (χ4v) is 1.36. The van der Waals surface area contributed by atoms with E-state index in [-0.39, 0.29) is 6.04 Å². The van der Waals surface area contributed by atoms with Crippen LogP contribution in [0.3, 0.4) is 0 Å². The first-order valence-electron chi connectivity index (χ1n) is 5.21. The molecule has 0 radical (unpaired) electrons. The van der Waals surface area contributed by atoms with Crippen LogP contribution >= 0.6 is 0 Å². The Kier molecular flexibility index (Phi) is 5.85. The van der Waals surface area contributed by atoms with Gasteiger partial charge >= 0.3 is 0 Å². The molecular weight excluding hydrogens is 206 g/mol. The molecule has 0 bridgehead atoms. The van der Waals surface area contributed by atoms with Gasteiger partial charge in [-0.3, -0.25) is 0 Å². The third-order valence-electron chi connectivity index (χ3n) is 2.05. The Morgan fingerprint density at radius 2 is 2.00 bits per heavy atom. The maximum Gasteiger partial charge on any atom is 0.119 e. The third-order valence-corrected chi connectivity index (χ3v) is 2.05. The minimum Gasteiger partial charge on any atom is -0.492 e. The van der Waals surface area contributed by atoms with Gasteiger partial charge in [0.2, 0.25) is 0 Å². The van der Waals surface area contributed by atoms with Gasteiger partial charge in [0.25, 0.3) is 0 Å². The molecule has 0 aromatic heterocycles. The van der Waals surface area contributed by atoms with Crippen molar-refractivity contribution in [1.82, 2.24) is 0 Å². The van der Waals surface area contributed by atoms with Gasteiger partial charge in [0.05, 0.1) is 19.3 Å². The molecule has 1 atom stereocenters. The maximum atomic E-state index is 5.75. The third kappa shape index (κ3) is 4.61. The molecule has 0 aliphatic rings. The van der Waals surface area contributed by atoms with Crippen molar-refractivity contribution in [1.29, 1.82) is 0 Å². The molecule has 1 unspecified atom stereocenters. The molecule has 2 N–H and O–H groups in total. The van der Waals surface area contributed by atoms with Crippen molar-refractivity contribution < 1.29 is 14.2 Å². The van der Waals surface area contributed by atoms with Crippen LogP contribution in [0.15, 0.2) is 24.3 Å². The van der Waals surface area contributed by atoms with Gasteiger partial charge in [-0.15, -0.1) is 0 Å². The molecule has 0 spiro atoms. The highest BCUT2D eigenvalue weighted by atomic mass is 16.5. The largest absolute Gasteiger partial charge is 0.492 e. The summed E-state index contributed by atoms with van der Waals surface area (Å²) < 4.78 is 15.5. The van der Waals surface area contributed by atoms with Crippen molar-refractivity contribution in [3.05, 3.63) is 29.8 Å². The van der Waals surface area contributed by atoms with Crippen LogP contribution in [0.25, 0.3) is 0 Å². The average molecular weight is 225 g/mol. The zero-order valence-electron chi connectivity index (χ0n) is 9.81. The van der Waals surface area contributed by atoms with Crippen LogP contribution in [0.5, 0.6) is 5.75 Å². The Hall–Kier alpha value is -1.10. The molecule has 1 aromatic carbocycles. The second-order valence-corrected chi connectivity index (χ2v) is 3.61. The minimum absolute atomic E-state index is 0.101. The number of methoxy groups -OCH3 is 2. The summed E-state index contributed by atoms with van der Waals surface area (Å²) in [5.74, 6) is 0.807. The molecule has 1 aromatic rings. The maximum absolute atomic E-state index is 5.75. The average Bonchev–Trinajstić information content (AvgIpc) is 2.28. The summed E-state index contributed by atoms with van der Waals surface area (Å²) in [6.45, 7) is 1.53. The lowest BCUT2D eigenvalue weighted by molar-refractivity contribution is 0.152. The van der Waals surface area contributed by atoms with E-state index >= 15 is 0 Å². The Bertz CT molecular complexity index is 304. The van der Waals surface area contributed by atoms with Gasteiger partial charge in [-0.2, -0.15) is 0 Å². The SMILES string of the molecule is COCc1cccc(OCC(N)COC)c1. The van der Waals surface area contributed by atoms with Crippen molar-refractivity contribution in [2.45, 2.75) is 12.6 Å². The monoisotopic (exact) mass is 225 g/mol. The van der Waals surface area contributed by atoms with Gasteiger partial charge in [0.1, 0.15) is 12.4 Å². The normalized spacial score (nSPS) is 12.4. The van der Waals surface area contributed by atoms with E-state index in [0.29, 0.717) is 19.8 Å². The van der Waals surface area contributed by atoms with E-state index in [4.69, 9.17) is 19.9 Å². The van der Waals surface area contributed by atoms with Crippen molar-refractivity contribution in [3.8, 4) is 5.75 Å². The summed E-state index contributed by atoms with van der Waals surface area (Å²) >= 11 is 0. The van der Waals surface area contributed by atoms with Crippen LogP contribution in [-0.2, 0) is 16.1 Å². The van der Waals surface area contributed by atoms with Crippen molar-refractivity contribution in [2.75, 3.05) is 27.4 Å². The highest BCUT2D eigenvalue weighted by Crippen LogP contribution is 2.13. The predicted molar refractivity (Wildman–Crippen MR) is 62.5 cm³/mol. The molecule has 90 valence electrons. The summed E-state index contributed by atoms with van der Waals surface area (Å²) in [4.78, 5) is 0. The molecule has 16 heavy (non-hydrogen) atoms. The van der Waals surface area contributed by atoms with Gasteiger partial charge in [-0.05, 0) is 17.7 Å². The van der Waals surface area contributed by atoms with Crippen LogP contribution in [0.1, 0.15) is 5.56 Å². The fourth-order valence-electron chi connectivity index (χ4n) is 1.36. The Labute approximate surface area is 96.3 Å². The van der Waals surface area contributed by atoms with Crippen LogP contribution in [-0.4, -0.2) is 33.5 Å².